The van der Waals surface area contributed by atoms with E-state index in [-0.39, 0.29) is 29.4 Å². The Labute approximate surface area is 153 Å². The molecule has 0 aliphatic carbocycles. The molecule has 0 N–H and O–H groups in total. The van der Waals surface area contributed by atoms with E-state index in [1.54, 1.807) is 19.2 Å². The number of pyridine rings is 1. The molecule has 0 aliphatic rings. The standard InChI is InChI=1S/C18H15ClF3N3O/c1-26-14-4-2-11(3-5-14)10-25-13(8-17(24-25)18(21)22)7-16-15(20)6-12(19)9-23-16/h2-6,8-9,18H,7,10H2,1H3. The SMILES string of the molecule is COc1ccc(Cn2nc(C(F)F)cc2Cc2ncc(Cl)cc2F)cc1. The molecule has 0 spiro atoms. The summed E-state index contributed by atoms with van der Waals surface area (Å²) in [5.41, 5.74) is 1.04. The maximum atomic E-state index is 14.0. The zero-order valence-electron chi connectivity index (χ0n) is 13.8. The Morgan fingerprint density at radius 3 is 2.54 bits per heavy atom. The highest BCUT2D eigenvalue weighted by Gasteiger charge is 2.18. The second-order valence-electron chi connectivity index (χ2n) is 5.63. The van der Waals surface area contributed by atoms with Gasteiger partial charge < -0.3 is 4.74 Å². The molecule has 0 aliphatic heterocycles. The molecule has 4 nitrogen and oxygen atoms in total. The normalized spacial score (nSPS) is 11.2. The summed E-state index contributed by atoms with van der Waals surface area (Å²) >= 11 is 5.70. The van der Waals surface area contributed by atoms with Crippen LogP contribution in [0.25, 0.3) is 0 Å². The molecule has 2 heterocycles. The fraction of sp³-hybridized carbons (Fsp3) is 0.222. The Balaban J connectivity index is 1.90. The molecule has 0 radical (unpaired) electrons. The highest BCUT2D eigenvalue weighted by atomic mass is 35.5. The van der Waals surface area contributed by atoms with Gasteiger partial charge in [-0.2, -0.15) is 5.10 Å². The van der Waals surface area contributed by atoms with Gasteiger partial charge in [-0.25, -0.2) is 13.2 Å². The molecule has 0 amide bonds. The Morgan fingerprint density at radius 1 is 1.19 bits per heavy atom. The van der Waals surface area contributed by atoms with Gasteiger partial charge in [0, 0.05) is 18.3 Å². The lowest BCUT2D eigenvalue weighted by Crippen LogP contribution is -2.08. The third-order valence-electron chi connectivity index (χ3n) is 3.83. The summed E-state index contributed by atoms with van der Waals surface area (Å²) in [5, 5.41) is 4.12. The van der Waals surface area contributed by atoms with Crippen molar-refractivity contribution in [2.75, 3.05) is 7.11 Å². The minimum atomic E-state index is -2.71. The molecule has 26 heavy (non-hydrogen) atoms. The summed E-state index contributed by atoms with van der Waals surface area (Å²) in [6, 6.07) is 9.58. The molecule has 3 rings (SSSR count). The molecular weight excluding hydrogens is 367 g/mol. The topological polar surface area (TPSA) is 39.9 Å². The number of hydrogen-bond acceptors (Lipinski definition) is 3. The van der Waals surface area contributed by atoms with E-state index in [0.29, 0.717) is 11.4 Å². The van der Waals surface area contributed by atoms with Gasteiger partial charge in [-0.15, -0.1) is 0 Å². The molecule has 2 aromatic heterocycles. The molecule has 0 unspecified atom stereocenters. The lowest BCUT2D eigenvalue weighted by atomic mass is 10.2. The van der Waals surface area contributed by atoms with Gasteiger partial charge in [0.05, 0.1) is 24.4 Å². The van der Waals surface area contributed by atoms with Gasteiger partial charge in [-0.3, -0.25) is 9.67 Å². The summed E-state index contributed by atoms with van der Waals surface area (Å²) in [4.78, 5) is 3.95. The zero-order chi connectivity index (χ0) is 18.7. The van der Waals surface area contributed by atoms with Crippen molar-refractivity contribution >= 4 is 11.6 Å². The van der Waals surface area contributed by atoms with E-state index in [9.17, 15) is 13.2 Å². The largest absolute Gasteiger partial charge is 0.497 e. The van der Waals surface area contributed by atoms with Crippen molar-refractivity contribution < 1.29 is 17.9 Å². The zero-order valence-corrected chi connectivity index (χ0v) is 14.6. The van der Waals surface area contributed by atoms with Crippen LogP contribution >= 0.6 is 11.6 Å². The first-order chi connectivity index (χ1) is 12.5. The van der Waals surface area contributed by atoms with Crippen molar-refractivity contribution in [1.29, 1.82) is 0 Å². The monoisotopic (exact) mass is 381 g/mol. The molecular formula is C18H15ClF3N3O. The predicted molar refractivity (Wildman–Crippen MR) is 91.3 cm³/mol. The third kappa shape index (κ3) is 4.16. The predicted octanol–water partition coefficient (Wildman–Crippen LogP) is 4.66. The second kappa shape index (κ2) is 7.78. The van der Waals surface area contributed by atoms with Crippen LogP contribution in [-0.2, 0) is 13.0 Å². The van der Waals surface area contributed by atoms with Crippen LogP contribution in [0, 0.1) is 5.82 Å². The van der Waals surface area contributed by atoms with E-state index in [1.807, 2.05) is 12.1 Å². The minimum absolute atomic E-state index is 0.0267. The Hall–Kier alpha value is -2.54. The summed E-state index contributed by atoms with van der Waals surface area (Å²) < 4.78 is 46.7. The highest BCUT2D eigenvalue weighted by molar-refractivity contribution is 6.30. The van der Waals surface area contributed by atoms with E-state index < -0.39 is 12.2 Å². The van der Waals surface area contributed by atoms with Crippen molar-refractivity contribution in [3.63, 3.8) is 0 Å². The highest BCUT2D eigenvalue weighted by Crippen LogP contribution is 2.22. The number of alkyl halides is 2. The van der Waals surface area contributed by atoms with Crippen LogP contribution in [0.3, 0.4) is 0 Å². The fourth-order valence-corrected chi connectivity index (χ4v) is 2.66. The van der Waals surface area contributed by atoms with Crippen LogP contribution in [0.2, 0.25) is 5.02 Å². The molecule has 0 bridgehead atoms. The van der Waals surface area contributed by atoms with Crippen molar-refractivity contribution in [3.05, 3.63) is 76.1 Å². The first-order valence-electron chi connectivity index (χ1n) is 7.74. The molecule has 3 aromatic rings. The van der Waals surface area contributed by atoms with Gasteiger partial charge in [0.2, 0.25) is 0 Å². The molecule has 0 saturated heterocycles. The van der Waals surface area contributed by atoms with E-state index in [2.05, 4.69) is 10.1 Å². The molecule has 136 valence electrons. The number of methoxy groups -OCH3 is 1. The summed E-state index contributed by atoms with van der Waals surface area (Å²) in [5.74, 6) is 0.100. The van der Waals surface area contributed by atoms with Crippen LogP contribution in [0.15, 0.2) is 42.6 Å². The average molecular weight is 382 g/mol. The van der Waals surface area contributed by atoms with Crippen molar-refractivity contribution in [2.45, 2.75) is 19.4 Å². The number of rotatable bonds is 6. The lowest BCUT2D eigenvalue weighted by molar-refractivity contribution is 0.145. The van der Waals surface area contributed by atoms with Crippen LogP contribution in [0.4, 0.5) is 13.2 Å². The summed E-state index contributed by atoms with van der Waals surface area (Å²) in [6.45, 7) is 0.265. The number of hydrogen-bond donors (Lipinski definition) is 0. The van der Waals surface area contributed by atoms with E-state index >= 15 is 0 Å². The summed E-state index contributed by atoms with van der Waals surface area (Å²) in [7, 11) is 1.56. The van der Waals surface area contributed by atoms with Gasteiger partial charge in [0.15, 0.2) is 0 Å². The quantitative estimate of drug-likeness (QED) is 0.623. The number of aromatic nitrogens is 3. The lowest BCUT2D eigenvalue weighted by Gasteiger charge is -2.09. The molecule has 1 aromatic carbocycles. The molecule has 0 saturated carbocycles. The van der Waals surface area contributed by atoms with E-state index in [0.717, 1.165) is 11.6 Å². The van der Waals surface area contributed by atoms with Crippen molar-refractivity contribution in [3.8, 4) is 5.75 Å². The van der Waals surface area contributed by atoms with Gasteiger partial charge in [0.25, 0.3) is 6.43 Å². The average Bonchev–Trinajstić information content (AvgIpc) is 3.01. The van der Waals surface area contributed by atoms with Crippen LogP contribution in [0.1, 0.15) is 29.1 Å². The van der Waals surface area contributed by atoms with E-state index in [4.69, 9.17) is 16.3 Å². The third-order valence-corrected chi connectivity index (χ3v) is 4.04. The fourth-order valence-electron chi connectivity index (χ4n) is 2.51. The van der Waals surface area contributed by atoms with Gasteiger partial charge in [-0.1, -0.05) is 23.7 Å². The van der Waals surface area contributed by atoms with Crippen molar-refractivity contribution in [2.24, 2.45) is 0 Å². The van der Waals surface area contributed by atoms with Crippen LogP contribution < -0.4 is 4.74 Å². The van der Waals surface area contributed by atoms with Gasteiger partial charge in [-0.05, 0) is 29.8 Å². The van der Waals surface area contributed by atoms with Crippen LogP contribution in [-0.4, -0.2) is 21.9 Å². The summed E-state index contributed by atoms with van der Waals surface area (Å²) in [6.07, 6.45) is -1.37. The smallest absolute Gasteiger partial charge is 0.282 e. The van der Waals surface area contributed by atoms with E-state index in [1.165, 1.54) is 16.9 Å². The van der Waals surface area contributed by atoms with Crippen LogP contribution in [0.5, 0.6) is 5.75 Å². The van der Waals surface area contributed by atoms with Gasteiger partial charge in [0.1, 0.15) is 17.3 Å². The minimum Gasteiger partial charge on any atom is -0.497 e. The molecule has 0 atom stereocenters. The Morgan fingerprint density at radius 2 is 1.92 bits per heavy atom. The Kier molecular flexibility index (Phi) is 5.46. The first kappa shape index (κ1) is 18.3. The number of halogens is 4. The second-order valence-corrected chi connectivity index (χ2v) is 6.06. The number of nitrogens with zero attached hydrogens (tertiary/aromatic N) is 3. The molecule has 8 heteroatoms. The van der Waals surface area contributed by atoms with Crippen molar-refractivity contribution in [1.82, 2.24) is 14.8 Å². The first-order valence-corrected chi connectivity index (χ1v) is 8.11. The van der Waals surface area contributed by atoms with Gasteiger partial charge >= 0.3 is 0 Å². The molecule has 0 fully saturated rings. The Bertz CT molecular complexity index is 897. The number of ether oxygens (including phenoxy) is 1. The maximum absolute atomic E-state index is 14.0. The maximum Gasteiger partial charge on any atom is 0.282 e. The number of benzene rings is 1.